The van der Waals surface area contributed by atoms with E-state index in [1.165, 1.54) is 69.8 Å². The highest BCUT2D eigenvalue weighted by Crippen LogP contribution is 2.40. The number of rotatable bonds is 1. The summed E-state index contributed by atoms with van der Waals surface area (Å²) in [5.74, 6) is 0. The molecule has 0 saturated carbocycles. The molecule has 0 saturated heterocycles. The molecule has 1 heteroatoms. The maximum absolute atomic E-state index is 2.35. The Hall–Kier alpha value is -3.84. The van der Waals surface area contributed by atoms with E-state index in [4.69, 9.17) is 0 Å². The van der Waals surface area contributed by atoms with Crippen molar-refractivity contribution in [2.75, 3.05) is 0 Å². The fourth-order valence-electron chi connectivity index (χ4n) is 5.23. The zero-order valence-corrected chi connectivity index (χ0v) is 18.7. The highest BCUT2D eigenvalue weighted by molar-refractivity contribution is 5.95. The molecule has 7 rings (SSSR count). The summed E-state index contributed by atoms with van der Waals surface area (Å²) in [5.41, 5.74) is 10.00. The molecular weight excluding hydrogens is 398 g/mol. The van der Waals surface area contributed by atoms with Gasteiger partial charge in [-0.1, -0.05) is 78.4 Å². The minimum atomic E-state index is 1.18. The molecule has 33 heavy (non-hydrogen) atoms. The lowest BCUT2D eigenvalue weighted by Crippen LogP contribution is -2.07. The third kappa shape index (κ3) is 3.81. The molecule has 0 amide bonds. The maximum Gasteiger partial charge on any atom is 0.0449 e. The summed E-state index contributed by atoms with van der Waals surface area (Å²) in [4.78, 5) is 0. The highest BCUT2D eigenvalue weighted by atomic mass is 14.8. The van der Waals surface area contributed by atoms with Gasteiger partial charge in [0.15, 0.2) is 0 Å². The van der Waals surface area contributed by atoms with E-state index in [1.54, 1.807) is 5.57 Å². The second kappa shape index (κ2) is 8.60. The predicted octanol–water partition coefficient (Wildman–Crippen LogP) is 8.50. The van der Waals surface area contributed by atoms with Crippen LogP contribution in [0.4, 0.5) is 0 Å². The van der Waals surface area contributed by atoms with Crippen LogP contribution >= 0.6 is 0 Å². The summed E-state index contributed by atoms with van der Waals surface area (Å²) in [6.45, 7) is 0. The first-order chi connectivity index (χ1) is 16.4. The van der Waals surface area contributed by atoms with Crippen LogP contribution in [0.5, 0.6) is 0 Å². The topological polar surface area (TPSA) is 4.41 Å². The van der Waals surface area contributed by atoms with Crippen molar-refractivity contribution in [3.05, 3.63) is 132 Å². The molecule has 2 heterocycles. The Morgan fingerprint density at radius 1 is 0.636 bits per heavy atom. The van der Waals surface area contributed by atoms with Crippen LogP contribution in [0.25, 0.3) is 33.0 Å². The Morgan fingerprint density at radius 3 is 2.39 bits per heavy atom. The van der Waals surface area contributed by atoms with Crippen molar-refractivity contribution in [2.45, 2.75) is 25.7 Å². The third-order valence-electron chi connectivity index (χ3n) is 6.92. The number of nitrogens with zero attached hydrogens (tertiary/aromatic N) is 1. The summed E-state index contributed by atoms with van der Waals surface area (Å²) in [5, 5.41) is 2.79. The molecular formula is C32H27N. The van der Waals surface area contributed by atoms with Crippen molar-refractivity contribution in [1.82, 2.24) is 4.40 Å². The maximum atomic E-state index is 2.35. The number of pyridine rings is 1. The molecule has 0 aliphatic heterocycles. The van der Waals surface area contributed by atoms with E-state index in [9.17, 15) is 0 Å². The van der Waals surface area contributed by atoms with Crippen LogP contribution in [-0.2, 0) is 6.42 Å². The molecule has 2 aromatic heterocycles. The second-order valence-electron chi connectivity index (χ2n) is 8.89. The van der Waals surface area contributed by atoms with E-state index in [2.05, 4.69) is 89.3 Å². The molecule has 0 bridgehead atoms. The van der Waals surface area contributed by atoms with Crippen molar-refractivity contribution in [3.63, 3.8) is 0 Å². The smallest absolute Gasteiger partial charge is 0.0449 e. The van der Waals surface area contributed by atoms with Gasteiger partial charge in [0, 0.05) is 17.9 Å². The number of aryl methyl sites for hydroxylation is 1. The Labute approximate surface area is 195 Å². The van der Waals surface area contributed by atoms with Gasteiger partial charge >= 0.3 is 0 Å². The first kappa shape index (κ1) is 19.8. The van der Waals surface area contributed by atoms with Crippen LogP contribution < -0.4 is 0 Å². The molecule has 5 aromatic rings. The molecule has 0 N–H and O–H groups in total. The number of aromatic nitrogens is 1. The van der Waals surface area contributed by atoms with E-state index in [0.29, 0.717) is 0 Å². The fourth-order valence-corrected chi connectivity index (χ4v) is 5.23. The van der Waals surface area contributed by atoms with Gasteiger partial charge in [0.05, 0.1) is 0 Å². The van der Waals surface area contributed by atoms with Gasteiger partial charge in [-0.25, -0.2) is 0 Å². The quantitative estimate of drug-likeness (QED) is 0.254. The SMILES string of the molecule is C1=CC2=C(CC1)CCc1c2ccc2cc(-c3ccccc3)ccc12.c1ccn2cccc2c1. The lowest BCUT2D eigenvalue weighted by Gasteiger charge is -2.25. The molecule has 160 valence electrons. The molecule has 2 aliphatic carbocycles. The van der Waals surface area contributed by atoms with Gasteiger partial charge < -0.3 is 4.40 Å². The van der Waals surface area contributed by atoms with Crippen molar-refractivity contribution in [3.8, 4) is 11.1 Å². The van der Waals surface area contributed by atoms with Crippen LogP contribution in [0.3, 0.4) is 0 Å². The van der Waals surface area contributed by atoms with Crippen molar-refractivity contribution in [2.24, 2.45) is 0 Å². The summed E-state index contributed by atoms with van der Waals surface area (Å²) >= 11 is 0. The van der Waals surface area contributed by atoms with Gasteiger partial charge in [0.2, 0.25) is 0 Å². The summed E-state index contributed by atoms with van der Waals surface area (Å²) < 4.78 is 2.08. The summed E-state index contributed by atoms with van der Waals surface area (Å²) in [6, 6.07) is 32.5. The van der Waals surface area contributed by atoms with Gasteiger partial charge in [0.1, 0.15) is 0 Å². The Balaban J connectivity index is 0.000000192. The van der Waals surface area contributed by atoms with Crippen LogP contribution in [0.2, 0.25) is 0 Å². The first-order valence-corrected chi connectivity index (χ1v) is 11.9. The minimum Gasteiger partial charge on any atom is -0.324 e. The molecule has 0 radical (unpaired) electrons. The molecule has 0 fully saturated rings. The number of hydrogen-bond donors (Lipinski definition) is 0. The standard InChI is InChI=1S/C24H20.C8H7N/c1-2-6-17(7-3-1)19-11-13-22-20(16-19)12-15-23-21-9-5-4-8-18(21)10-14-24(22)23;1-2-6-9-7-3-5-8(9)4-1/h1-3,5-7,9,11-13,15-16H,4,8,10,14H2;1-7H. The molecule has 3 aromatic carbocycles. The monoisotopic (exact) mass is 425 g/mol. The molecule has 0 atom stereocenters. The van der Waals surface area contributed by atoms with Gasteiger partial charge in [-0.05, 0) is 94.6 Å². The molecule has 0 spiro atoms. The zero-order chi connectivity index (χ0) is 22.0. The van der Waals surface area contributed by atoms with Gasteiger partial charge in [-0.15, -0.1) is 0 Å². The average Bonchev–Trinajstić information content (AvgIpc) is 3.38. The number of allylic oxidation sites excluding steroid dienone is 4. The summed E-state index contributed by atoms with van der Waals surface area (Å²) in [7, 11) is 0. The van der Waals surface area contributed by atoms with Crippen LogP contribution in [-0.4, -0.2) is 4.40 Å². The predicted molar refractivity (Wildman–Crippen MR) is 140 cm³/mol. The van der Waals surface area contributed by atoms with E-state index in [-0.39, 0.29) is 0 Å². The lowest BCUT2D eigenvalue weighted by atomic mass is 9.79. The van der Waals surface area contributed by atoms with Crippen molar-refractivity contribution in [1.29, 1.82) is 0 Å². The Bertz CT molecular complexity index is 1470. The number of hydrogen-bond acceptors (Lipinski definition) is 0. The average molecular weight is 426 g/mol. The fraction of sp³-hybridized carbons (Fsp3) is 0.125. The van der Waals surface area contributed by atoms with Crippen LogP contribution in [0.15, 0.2) is 121 Å². The van der Waals surface area contributed by atoms with E-state index in [0.717, 1.165) is 0 Å². The van der Waals surface area contributed by atoms with E-state index >= 15 is 0 Å². The summed E-state index contributed by atoms with van der Waals surface area (Å²) in [6.07, 6.45) is 13.6. The second-order valence-corrected chi connectivity index (χ2v) is 8.89. The van der Waals surface area contributed by atoms with Crippen molar-refractivity contribution < 1.29 is 0 Å². The molecule has 0 unspecified atom stereocenters. The number of benzene rings is 3. The van der Waals surface area contributed by atoms with Crippen LogP contribution in [0, 0.1) is 0 Å². The minimum absolute atomic E-state index is 1.18. The first-order valence-electron chi connectivity index (χ1n) is 11.9. The Morgan fingerprint density at radius 2 is 1.48 bits per heavy atom. The Kier molecular flexibility index (Phi) is 5.16. The van der Waals surface area contributed by atoms with Crippen molar-refractivity contribution >= 4 is 21.9 Å². The third-order valence-corrected chi connectivity index (χ3v) is 6.92. The van der Waals surface area contributed by atoms with E-state index in [1.807, 2.05) is 30.6 Å². The van der Waals surface area contributed by atoms with Crippen LogP contribution in [0.1, 0.15) is 30.4 Å². The molecule has 1 nitrogen and oxygen atoms in total. The van der Waals surface area contributed by atoms with E-state index < -0.39 is 0 Å². The number of fused-ring (bicyclic) bond motifs is 5. The zero-order valence-electron chi connectivity index (χ0n) is 18.7. The van der Waals surface area contributed by atoms with Gasteiger partial charge in [-0.2, -0.15) is 0 Å². The van der Waals surface area contributed by atoms with Gasteiger partial charge in [-0.3, -0.25) is 0 Å². The highest BCUT2D eigenvalue weighted by Gasteiger charge is 2.20. The van der Waals surface area contributed by atoms with Gasteiger partial charge in [0.25, 0.3) is 0 Å². The normalized spacial score (nSPS) is 14.5. The largest absolute Gasteiger partial charge is 0.324 e. The lowest BCUT2D eigenvalue weighted by molar-refractivity contribution is 0.831. The molecule has 2 aliphatic rings.